The van der Waals surface area contributed by atoms with E-state index in [-0.39, 0.29) is 28.7 Å². The first-order valence-electron chi connectivity index (χ1n) is 10.8. The van der Waals surface area contributed by atoms with Crippen molar-refractivity contribution in [2.75, 3.05) is 11.5 Å². The van der Waals surface area contributed by atoms with Gasteiger partial charge in [-0.2, -0.15) is 0 Å². The maximum Gasteiger partial charge on any atom is 0.342 e. The summed E-state index contributed by atoms with van der Waals surface area (Å²) in [7, 11) is 0. The van der Waals surface area contributed by atoms with Crippen LogP contribution in [0.5, 0.6) is 5.75 Å². The summed E-state index contributed by atoms with van der Waals surface area (Å²) in [5, 5.41) is 22.3. The minimum atomic E-state index is -0.702. The lowest BCUT2D eigenvalue weighted by molar-refractivity contribution is -0.111. The van der Waals surface area contributed by atoms with Gasteiger partial charge in [0, 0.05) is 11.8 Å². The molecule has 7 nitrogen and oxygen atoms in total. The number of aromatic hydroxyl groups is 1. The van der Waals surface area contributed by atoms with Crippen molar-refractivity contribution in [2.45, 2.75) is 51.4 Å². The number of nitrogens with zero attached hydrogens (tertiary/aromatic N) is 2. The first-order valence-corrected chi connectivity index (χ1v) is 10.8. The largest absolute Gasteiger partial charge is 0.507 e. The van der Waals surface area contributed by atoms with Crippen molar-refractivity contribution in [2.24, 2.45) is 5.16 Å². The number of anilines is 2. The van der Waals surface area contributed by atoms with Crippen molar-refractivity contribution in [1.82, 2.24) is 0 Å². The molecule has 2 aromatic carbocycles. The van der Waals surface area contributed by atoms with Crippen LogP contribution in [0.2, 0.25) is 0 Å². The Morgan fingerprint density at radius 2 is 1.67 bits per heavy atom. The molecular weight excluding hydrogens is 420 g/mol. The third-order valence-corrected chi connectivity index (χ3v) is 6.27. The van der Waals surface area contributed by atoms with Crippen molar-refractivity contribution in [3.05, 3.63) is 65.7 Å². The zero-order chi connectivity index (χ0) is 24.4. The molecule has 0 radical (unpaired) electrons. The van der Waals surface area contributed by atoms with Gasteiger partial charge in [-0.1, -0.05) is 51.6 Å². The predicted octanol–water partition coefficient (Wildman–Crippen LogP) is 5.21. The highest BCUT2D eigenvalue weighted by Gasteiger charge is 2.37. The Kier molecular flexibility index (Phi) is 6.63. The van der Waals surface area contributed by atoms with Gasteiger partial charge in [-0.25, -0.2) is 4.79 Å². The second-order valence-corrected chi connectivity index (χ2v) is 9.50. The van der Waals surface area contributed by atoms with Gasteiger partial charge in [-0.3, -0.25) is 9.69 Å². The Morgan fingerprint density at radius 1 is 1.06 bits per heavy atom. The van der Waals surface area contributed by atoms with Crippen molar-refractivity contribution in [3.8, 4) is 5.75 Å². The van der Waals surface area contributed by atoms with Crippen molar-refractivity contribution < 1.29 is 24.6 Å². The number of oxime groups is 1. The fourth-order valence-electron chi connectivity index (χ4n) is 4.27. The van der Waals surface area contributed by atoms with Crippen LogP contribution >= 0.6 is 0 Å². The summed E-state index contributed by atoms with van der Waals surface area (Å²) in [6.45, 7) is 12.3. The van der Waals surface area contributed by atoms with Crippen molar-refractivity contribution in [1.29, 1.82) is 0 Å². The quantitative estimate of drug-likeness (QED) is 0.207. The molecule has 33 heavy (non-hydrogen) atoms. The van der Waals surface area contributed by atoms with Crippen LogP contribution in [0.15, 0.2) is 54.2 Å². The number of fused-ring (bicyclic) bond motifs is 1. The minimum Gasteiger partial charge on any atom is -0.507 e. The van der Waals surface area contributed by atoms with Gasteiger partial charge in [-0.05, 0) is 59.1 Å². The molecule has 1 aliphatic rings. The Morgan fingerprint density at radius 3 is 2.27 bits per heavy atom. The first-order chi connectivity index (χ1) is 15.5. The third-order valence-electron chi connectivity index (χ3n) is 6.27. The molecule has 7 heteroatoms. The van der Waals surface area contributed by atoms with Crippen molar-refractivity contribution >= 4 is 29.5 Å². The summed E-state index contributed by atoms with van der Waals surface area (Å²) in [4.78, 5) is 26.4. The number of hydrogen-bond donors (Lipinski definition) is 2. The fraction of sp³-hybridized carbons (Fsp3) is 0.346. The second kappa shape index (κ2) is 9.10. The molecule has 2 aromatic rings. The van der Waals surface area contributed by atoms with Gasteiger partial charge in [0.2, 0.25) is 0 Å². The predicted molar refractivity (Wildman–Crippen MR) is 128 cm³/mol. The van der Waals surface area contributed by atoms with E-state index in [1.807, 2.05) is 18.2 Å². The van der Waals surface area contributed by atoms with Crippen LogP contribution in [0.4, 0.5) is 11.4 Å². The number of amides is 1. The van der Waals surface area contributed by atoms with E-state index in [0.717, 1.165) is 24.6 Å². The van der Waals surface area contributed by atoms with Crippen LogP contribution < -0.4 is 4.90 Å². The Bertz CT molecular complexity index is 1120. The van der Waals surface area contributed by atoms with E-state index in [2.05, 4.69) is 39.4 Å². The average Bonchev–Trinajstić information content (AvgIpc) is 2.76. The van der Waals surface area contributed by atoms with Crippen LogP contribution in [0, 0.1) is 0 Å². The molecule has 1 amide bonds. The monoisotopic (exact) mass is 450 g/mol. The topological polar surface area (TPSA) is 99.4 Å². The van der Waals surface area contributed by atoms with Gasteiger partial charge in [0.05, 0.1) is 5.69 Å². The van der Waals surface area contributed by atoms with Gasteiger partial charge < -0.3 is 15.1 Å². The molecule has 0 spiro atoms. The summed E-state index contributed by atoms with van der Waals surface area (Å²) >= 11 is 0. The molecule has 0 atom stereocenters. The second-order valence-electron chi connectivity index (χ2n) is 9.50. The third kappa shape index (κ3) is 4.77. The highest BCUT2D eigenvalue weighted by molar-refractivity contribution is 6.34. The summed E-state index contributed by atoms with van der Waals surface area (Å²) in [5.74, 6) is -1.64. The van der Waals surface area contributed by atoms with Gasteiger partial charge in [0.25, 0.3) is 5.91 Å². The van der Waals surface area contributed by atoms with E-state index in [1.165, 1.54) is 34.7 Å². The zero-order valence-electron chi connectivity index (χ0n) is 19.5. The molecule has 174 valence electrons. The van der Waals surface area contributed by atoms with Crippen LogP contribution in [-0.2, 0) is 20.4 Å². The molecule has 0 aliphatic heterocycles. The van der Waals surface area contributed by atoms with Crippen LogP contribution in [0.3, 0.4) is 0 Å². The Hall–Kier alpha value is -3.61. The van der Waals surface area contributed by atoms with Crippen LogP contribution in [0.1, 0.15) is 62.0 Å². The fourth-order valence-corrected chi connectivity index (χ4v) is 4.27. The lowest BCUT2D eigenvalue weighted by Crippen LogP contribution is -2.34. The number of ether oxygens (including phenoxy) is 1. The molecule has 0 unspecified atom stereocenters. The van der Waals surface area contributed by atoms with Gasteiger partial charge >= 0.3 is 5.97 Å². The van der Waals surface area contributed by atoms with Crippen LogP contribution in [-0.4, -0.2) is 35.0 Å². The molecule has 2 N–H and O–H groups in total. The average molecular weight is 451 g/mol. The maximum atomic E-state index is 12.9. The lowest BCUT2D eigenvalue weighted by Gasteiger charge is -2.42. The van der Waals surface area contributed by atoms with E-state index in [1.54, 1.807) is 0 Å². The Labute approximate surface area is 194 Å². The number of hydrogen-bond acceptors (Lipinski definition) is 6. The molecule has 0 bridgehead atoms. The smallest absolute Gasteiger partial charge is 0.342 e. The molecule has 0 heterocycles. The molecule has 0 saturated carbocycles. The van der Waals surface area contributed by atoms with Gasteiger partial charge in [0.1, 0.15) is 24.1 Å². The molecule has 1 aliphatic carbocycles. The number of carbonyl (C=O) groups is 2. The van der Waals surface area contributed by atoms with E-state index in [4.69, 9.17) is 9.94 Å². The number of rotatable bonds is 6. The summed E-state index contributed by atoms with van der Waals surface area (Å²) in [6.07, 6.45) is 4.28. The summed E-state index contributed by atoms with van der Waals surface area (Å²) in [5.41, 5.74) is 3.14. The molecule has 0 aromatic heterocycles. The first kappa shape index (κ1) is 24.0. The number of phenolic OH excluding ortho intramolecular Hbond substituents is 1. The van der Waals surface area contributed by atoms with E-state index in [9.17, 15) is 14.7 Å². The minimum absolute atomic E-state index is 0.0104. The molecular formula is C26H30N2O5. The van der Waals surface area contributed by atoms with Gasteiger partial charge in [0.15, 0.2) is 0 Å². The van der Waals surface area contributed by atoms with Crippen LogP contribution in [0.25, 0.3) is 0 Å². The standard InChI is InChI=1S/C26H30N2O5/c1-6-13-33-24(31)19-9-7-18(15-22(19)29)28(23(30)16-27-32)17-8-10-20-21(14-17)26(4,5)12-11-25(20,2)3/h6-10,14-16,29,32H,1,11-13H2,2-5H3. The van der Waals surface area contributed by atoms with Gasteiger partial charge in [-0.15, -0.1) is 0 Å². The summed E-state index contributed by atoms with van der Waals surface area (Å²) in [6, 6.07) is 10.1. The number of benzene rings is 2. The van der Waals surface area contributed by atoms with E-state index in [0.29, 0.717) is 11.4 Å². The normalized spacial score (nSPS) is 16.1. The zero-order valence-corrected chi connectivity index (χ0v) is 19.5. The summed E-state index contributed by atoms with van der Waals surface area (Å²) < 4.78 is 4.98. The number of carbonyl (C=O) groups excluding carboxylic acids is 2. The SMILES string of the molecule is C=CCOC(=O)c1ccc(N(C(=O)C=NO)c2ccc3c(c2)C(C)(C)CCC3(C)C)cc1O. The molecule has 0 saturated heterocycles. The lowest BCUT2D eigenvalue weighted by atomic mass is 9.63. The molecule has 3 rings (SSSR count). The highest BCUT2D eigenvalue weighted by Crippen LogP contribution is 2.47. The maximum absolute atomic E-state index is 12.9. The highest BCUT2D eigenvalue weighted by atomic mass is 16.5. The molecule has 0 fully saturated rings. The van der Waals surface area contributed by atoms with Crippen molar-refractivity contribution in [3.63, 3.8) is 0 Å². The Balaban J connectivity index is 2.10. The number of esters is 1. The number of phenols is 1. The van der Waals surface area contributed by atoms with E-state index >= 15 is 0 Å². The van der Waals surface area contributed by atoms with E-state index < -0.39 is 11.9 Å².